The fourth-order valence-corrected chi connectivity index (χ4v) is 1.22. The fraction of sp³-hybridized carbons (Fsp3) is 0.500. The predicted molar refractivity (Wildman–Crippen MR) is 56.3 cm³/mol. The topological polar surface area (TPSA) is 9.23 Å². The molecule has 0 aromatic heterocycles. The minimum Gasteiger partial charge on any atom is -0.461 e. The molecule has 0 aliphatic heterocycles. The zero-order chi connectivity index (χ0) is 10.8. The van der Waals surface area contributed by atoms with Crippen molar-refractivity contribution in [2.75, 3.05) is 0 Å². The summed E-state index contributed by atoms with van der Waals surface area (Å²) in [6, 6.07) is 7.54. The van der Waals surface area contributed by atoms with E-state index in [1.165, 1.54) is 12.5 Å². The number of halogens is 1. The van der Waals surface area contributed by atoms with E-state index in [0.29, 0.717) is 5.75 Å². The van der Waals surface area contributed by atoms with Crippen LogP contribution in [-0.2, 0) is 5.41 Å². The van der Waals surface area contributed by atoms with E-state index >= 15 is 0 Å². The van der Waals surface area contributed by atoms with E-state index in [0.717, 1.165) is 0 Å². The number of hydrogen-bond acceptors (Lipinski definition) is 1. The first-order valence-electron chi connectivity index (χ1n) is 4.81. The van der Waals surface area contributed by atoms with Crippen molar-refractivity contribution in [2.24, 2.45) is 0 Å². The van der Waals surface area contributed by atoms with E-state index in [4.69, 9.17) is 4.74 Å². The average Bonchev–Trinajstić information content (AvgIpc) is 2.02. The Bertz CT molecular complexity index is 282. The molecule has 14 heavy (non-hydrogen) atoms. The number of benzene rings is 1. The average molecular weight is 196 g/mol. The molecule has 0 radical (unpaired) electrons. The lowest BCUT2D eigenvalue weighted by Crippen LogP contribution is -2.11. The van der Waals surface area contributed by atoms with E-state index in [-0.39, 0.29) is 5.41 Å². The van der Waals surface area contributed by atoms with Gasteiger partial charge in [0, 0.05) is 6.92 Å². The smallest absolute Gasteiger partial charge is 0.235 e. The lowest BCUT2D eigenvalue weighted by molar-refractivity contribution is 0.0860. The molecular weight excluding hydrogens is 179 g/mol. The Morgan fingerprint density at radius 1 is 1.14 bits per heavy atom. The molecule has 1 unspecified atom stereocenters. The van der Waals surface area contributed by atoms with Gasteiger partial charge >= 0.3 is 0 Å². The van der Waals surface area contributed by atoms with Crippen LogP contribution in [0.15, 0.2) is 24.3 Å². The largest absolute Gasteiger partial charge is 0.461 e. The summed E-state index contributed by atoms with van der Waals surface area (Å²) in [5, 5.41) is 0. The first-order chi connectivity index (χ1) is 6.39. The monoisotopic (exact) mass is 196 g/mol. The molecule has 0 N–H and O–H groups in total. The van der Waals surface area contributed by atoms with Crippen molar-refractivity contribution in [1.29, 1.82) is 0 Å². The molecule has 1 nitrogen and oxygen atoms in total. The molecular formula is C12H17FO. The third kappa shape index (κ3) is 3.02. The molecule has 0 saturated carbocycles. The highest BCUT2D eigenvalue weighted by Gasteiger charge is 2.13. The highest BCUT2D eigenvalue weighted by molar-refractivity contribution is 5.31. The SMILES string of the molecule is CC(F)Oc1ccc(C(C)(C)C)cc1. The van der Waals surface area contributed by atoms with E-state index in [9.17, 15) is 4.39 Å². The van der Waals surface area contributed by atoms with Crippen LogP contribution in [-0.4, -0.2) is 6.36 Å². The van der Waals surface area contributed by atoms with Gasteiger partial charge in [0.25, 0.3) is 0 Å². The van der Waals surface area contributed by atoms with Gasteiger partial charge in [-0.1, -0.05) is 32.9 Å². The molecule has 0 fully saturated rings. The Labute approximate surface area is 84.9 Å². The highest BCUT2D eigenvalue weighted by Crippen LogP contribution is 2.24. The fourth-order valence-electron chi connectivity index (χ4n) is 1.22. The van der Waals surface area contributed by atoms with Crippen LogP contribution in [0.5, 0.6) is 5.75 Å². The van der Waals surface area contributed by atoms with Gasteiger partial charge < -0.3 is 4.74 Å². The summed E-state index contributed by atoms with van der Waals surface area (Å²) < 4.78 is 17.4. The van der Waals surface area contributed by atoms with Crippen LogP contribution in [0.1, 0.15) is 33.3 Å². The van der Waals surface area contributed by atoms with Crippen molar-refractivity contribution in [3.8, 4) is 5.75 Å². The number of hydrogen-bond donors (Lipinski definition) is 0. The van der Waals surface area contributed by atoms with Crippen LogP contribution in [0.3, 0.4) is 0 Å². The van der Waals surface area contributed by atoms with Crippen LogP contribution in [0.4, 0.5) is 4.39 Å². The van der Waals surface area contributed by atoms with Crippen molar-refractivity contribution in [1.82, 2.24) is 0 Å². The highest BCUT2D eigenvalue weighted by atomic mass is 19.1. The first-order valence-corrected chi connectivity index (χ1v) is 4.81. The van der Waals surface area contributed by atoms with E-state index in [1.807, 2.05) is 12.1 Å². The minimum absolute atomic E-state index is 0.125. The van der Waals surface area contributed by atoms with Crippen LogP contribution in [0.2, 0.25) is 0 Å². The minimum atomic E-state index is -1.25. The molecule has 1 aromatic rings. The zero-order valence-electron chi connectivity index (χ0n) is 9.17. The molecule has 0 amide bonds. The maximum absolute atomic E-state index is 12.5. The quantitative estimate of drug-likeness (QED) is 0.701. The second-order valence-electron chi connectivity index (χ2n) is 4.44. The molecule has 1 atom stereocenters. The van der Waals surface area contributed by atoms with Crippen molar-refractivity contribution in [3.63, 3.8) is 0 Å². The van der Waals surface area contributed by atoms with E-state index < -0.39 is 6.36 Å². The second-order valence-corrected chi connectivity index (χ2v) is 4.44. The molecule has 1 aromatic carbocycles. The predicted octanol–water partition coefficient (Wildman–Crippen LogP) is 3.68. The Morgan fingerprint density at radius 2 is 1.64 bits per heavy atom. The number of ether oxygens (including phenoxy) is 1. The molecule has 0 bridgehead atoms. The first kappa shape index (κ1) is 11.0. The van der Waals surface area contributed by atoms with Gasteiger partial charge in [0.1, 0.15) is 5.75 Å². The Balaban J connectivity index is 2.79. The normalized spacial score (nSPS) is 13.8. The summed E-state index contributed by atoms with van der Waals surface area (Å²) in [5.74, 6) is 0.577. The molecule has 0 heterocycles. The van der Waals surface area contributed by atoms with Gasteiger partial charge in [-0.2, -0.15) is 0 Å². The van der Waals surface area contributed by atoms with Gasteiger partial charge in [-0.25, -0.2) is 4.39 Å². The summed E-state index contributed by atoms with van der Waals surface area (Å²) in [6.45, 7) is 7.79. The van der Waals surface area contributed by atoms with Crippen LogP contribution >= 0.6 is 0 Å². The number of rotatable bonds is 2. The molecule has 2 heteroatoms. The van der Waals surface area contributed by atoms with Gasteiger partial charge in [-0.05, 0) is 23.1 Å². The summed E-state index contributed by atoms with van der Waals surface area (Å²) >= 11 is 0. The van der Waals surface area contributed by atoms with Gasteiger partial charge in [-0.3, -0.25) is 0 Å². The lowest BCUT2D eigenvalue weighted by atomic mass is 9.87. The zero-order valence-corrected chi connectivity index (χ0v) is 9.17. The van der Waals surface area contributed by atoms with Crippen LogP contribution < -0.4 is 4.74 Å². The molecule has 0 aliphatic rings. The summed E-state index contributed by atoms with van der Waals surface area (Å²) in [4.78, 5) is 0. The Hall–Kier alpha value is -1.05. The van der Waals surface area contributed by atoms with Crippen molar-refractivity contribution in [3.05, 3.63) is 29.8 Å². The number of alkyl halides is 1. The molecule has 0 saturated heterocycles. The maximum atomic E-state index is 12.5. The standard InChI is InChI=1S/C12H17FO/c1-9(13)14-11-7-5-10(6-8-11)12(2,3)4/h5-9H,1-4H3. The van der Waals surface area contributed by atoms with Gasteiger partial charge in [0.05, 0.1) is 0 Å². The molecule has 0 aliphatic carbocycles. The van der Waals surface area contributed by atoms with Gasteiger partial charge in [-0.15, -0.1) is 0 Å². The van der Waals surface area contributed by atoms with Gasteiger partial charge in [0.15, 0.2) is 0 Å². The molecule has 1 rings (SSSR count). The van der Waals surface area contributed by atoms with Crippen LogP contribution in [0, 0.1) is 0 Å². The third-order valence-corrected chi connectivity index (χ3v) is 2.02. The Morgan fingerprint density at radius 3 is 2.00 bits per heavy atom. The summed E-state index contributed by atoms with van der Waals surface area (Å²) in [5.41, 5.74) is 1.34. The lowest BCUT2D eigenvalue weighted by Gasteiger charge is -2.19. The van der Waals surface area contributed by atoms with Gasteiger partial charge in [0.2, 0.25) is 6.36 Å². The van der Waals surface area contributed by atoms with Crippen molar-refractivity contribution < 1.29 is 9.13 Å². The van der Waals surface area contributed by atoms with Crippen molar-refractivity contribution >= 4 is 0 Å². The Kier molecular flexibility index (Phi) is 3.14. The second kappa shape index (κ2) is 3.99. The third-order valence-electron chi connectivity index (χ3n) is 2.02. The maximum Gasteiger partial charge on any atom is 0.235 e. The van der Waals surface area contributed by atoms with Crippen LogP contribution in [0.25, 0.3) is 0 Å². The summed E-state index contributed by atoms with van der Waals surface area (Å²) in [6.07, 6.45) is -1.25. The van der Waals surface area contributed by atoms with E-state index in [2.05, 4.69) is 20.8 Å². The van der Waals surface area contributed by atoms with E-state index in [1.54, 1.807) is 12.1 Å². The summed E-state index contributed by atoms with van der Waals surface area (Å²) in [7, 11) is 0. The molecule has 78 valence electrons. The molecule has 0 spiro atoms. The van der Waals surface area contributed by atoms with Crippen molar-refractivity contribution in [2.45, 2.75) is 39.5 Å².